The van der Waals surface area contributed by atoms with E-state index in [1.807, 2.05) is 0 Å². The van der Waals surface area contributed by atoms with Crippen molar-refractivity contribution in [1.82, 2.24) is 0 Å². The molecular weight excluding hydrogens is 613 g/mol. The summed E-state index contributed by atoms with van der Waals surface area (Å²) in [5, 5.41) is 0. The average Bonchev–Trinajstić information content (AvgIpc) is 3.59. The molecular formula is C28H44F2HfN2O2. The molecule has 0 aliphatic carbocycles. The van der Waals surface area contributed by atoms with E-state index in [-0.39, 0.29) is 9.41 Å². The van der Waals surface area contributed by atoms with Gasteiger partial charge >= 0.3 is 154 Å². The van der Waals surface area contributed by atoms with Crippen molar-refractivity contribution in [2.45, 2.75) is 66.2 Å². The van der Waals surface area contributed by atoms with Gasteiger partial charge in [0.2, 0.25) is 0 Å². The van der Waals surface area contributed by atoms with E-state index in [2.05, 4.69) is 82.0 Å². The van der Waals surface area contributed by atoms with Crippen LogP contribution in [0.15, 0.2) is 48.5 Å². The van der Waals surface area contributed by atoms with E-state index < -0.39 is 23.5 Å². The fourth-order valence-corrected chi connectivity index (χ4v) is 9.74. The first-order valence-electron chi connectivity index (χ1n) is 12.8. The first kappa shape index (κ1) is 33.7. The van der Waals surface area contributed by atoms with Crippen LogP contribution in [0.3, 0.4) is 0 Å². The molecule has 2 fully saturated rings. The zero-order valence-electron chi connectivity index (χ0n) is 22.1. The van der Waals surface area contributed by atoms with E-state index in [9.17, 15) is 0 Å². The van der Waals surface area contributed by atoms with E-state index in [1.165, 1.54) is 74.1 Å². The monoisotopic (exact) mass is 658 g/mol. The van der Waals surface area contributed by atoms with Crippen LogP contribution in [0.5, 0.6) is 0 Å². The molecule has 0 aromatic heterocycles. The molecule has 4 nitrogen and oxygen atoms in total. The molecule has 0 atom stereocenters. The standard InChI is InChI=1S/2C10H14N.2C4H8O.2FH.Hf/c2*1-3-8-11-10-7-5-4-6-9(10)2;2*1-2-4-5-3-1;;;/h2*4-7H,3,8H2,1-2H3;2*1-4H2;2*1H;/q2*-1;;;;;+4/p-2. The van der Waals surface area contributed by atoms with Crippen molar-refractivity contribution in [1.29, 1.82) is 0 Å². The molecule has 2 aliphatic heterocycles. The third-order valence-corrected chi connectivity index (χ3v) is 10.7. The fraction of sp³-hybridized carbons (Fsp3) is 0.571. The van der Waals surface area contributed by atoms with Gasteiger partial charge in [0.1, 0.15) is 0 Å². The molecule has 2 saturated heterocycles. The van der Waals surface area contributed by atoms with Crippen LogP contribution in [0.2, 0.25) is 0 Å². The van der Waals surface area contributed by atoms with Crippen LogP contribution in [0.4, 0.5) is 11.4 Å². The Bertz CT molecular complexity index is 695. The molecule has 7 heteroatoms. The third-order valence-electron chi connectivity index (χ3n) is 5.60. The van der Waals surface area contributed by atoms with Crippen LogP contribution in [0, 0.1) is 13.8 Å². The number of rotatable bonds is 8. The smallest absolute Gasteiger partial charge is 1.00 e. The zero-order chi connectivity index (χ0) is 23.7. The minimum atomic E-state index is -1.15. The number of aryl methyl sites for hydroxylation is 2. The predicted molar refractivity (Wildman–Crippen MR) is 138 cm³/mol. The van der Waals surface area contributed by atoms with Crippen molar-refractivity contribution in [3.05, 3.63) is 59.7 Å². The van der Waals surface area contributed by atoms with Crippen molar-refractivity contribution in [3.8, 4) is 0 Å². The Morgan fingerprint density at radius 2 is 0.971 bits per heavy atom. The van der Waals surface area contributed by atoms with E-state index >= 15 is 0 Å². The number of halogens is 2. The van der Waals surface area contributed by atoms with Crippen LogP contribution in [0.1, 0.15) is 63.5 Å². The normalized spacial score (nSPS) is 13.6. The predicted octanol–water partition coefficient (Wildman–Crippen LogP) is 0.951. The van der Waals surface area contributed by atoms with Crippen molar-refractivity contribution in [3.63, 3.8) is 0 Å². The molecule has 2 aromatic carbocycles. The van der Waals surface area contributed by atoms with Gasteiger partial charge in [0, 0.05) is 26.4 Å². The van der Waals surface area contributed by atoms with Crippen LogP contribution >= 0.6 is 0 Å². The van der Waals surface area contributed by atoms with Crippen LogP contribution < -0.4 is 15.2 Å². The van der Waals surface area contributed by atoms with Crippen molar-refractivity contribution in [2.75, 3.05) is 45.3 Å². The van der Waals surface area contributed by atoms with Gasteiger partial charge < -0.3 is 18.9 Å². The van der Waals surface area contributed by atoms with Gasteiger partial charge in [-0.1, -0.05) is 0 Å². The molecule has 4 rings (SSSR count). The average molecular weight is 657 g/mol. The van der Waals surface area contributed by atoms with Crippen molar-refractivity contribution in [2.24, 2.45) is 0 Å². The Morgan fingerprint density at radius 3 is 1.23 bits per heavy atom. The summed E-state index contributed by atoms with van der Waals surface area (Å²) in [4.78, 5) is 0. The first-order valence-corrected chi connectivity index (χ1v) is 16.0. The molecule has 0 amide bonds. The Labute approximate surface area is 224 Å². The SMILES string of the molecule is C1CCOC1.C1CCOC1.CCC[N]([Hf+2][N](CCC)c1ccccc1C)c1ccccc1C.[F-].[F-]. The van der Waals surface area contributed by atoms with Gasteiger partial charge in [-0.05, 0) is 25.7 Å². The summed E-state index contributed by atoms with van der Waals surface area (Å²) in [6, 6.07) is 17.7. The Hall–Kier alpha value is -1.31. The summed E-state index contributed by atoms with van der Waals surface area (Å²) in [6.07, 6.45) is 7.52. The summed E-state index contributed by atoms with van der Waals surface area (Å²) in [7, 11) is 0. The molecule has 0 spiro atoms. The van der Waals surface area contributed by atoms with Crippen LogP contribution in [-0.4, -0.2) is 39.5 Å². The Kier molecular flexibility index (Phi) is 20.1. The van der Waals surface area contributed by atoms with Gasteiger partial charge in [0.15, 0.2) is 0 Å². The topological polar surface area (TPSA) is 24.9 Å². The van der Waals surface area contributed by atoms with Gasteiger partial charge in [0.05, 0.1) is 0 Å². The van der Waals surface area contributed by atoms with E-state index in [1.54, 1.807) is 0 Å². The maximum atomic E-state index is 4.94. The summed E-state index contributed by atoms with van der Waals surface area (Å²) in [5.41, 5.74) is 5.67. The summed E-state index contributed by atoms with van der Waals surface area (Å²) in [6.45, 7) is 15.4. The minimum Gasteiger partial charge on any atom is -1.00 e. The van der Waals surface area contributed by atoms with Crippen molar-refractivity contribution < 1.29 is 42.4 Å². The number of benzene rings is 2. The van der Waals surface area contributed by atoms with E-state index in [4.69, 9.17) is 9.47 Å². The van der Waals surface area contributed by atoms with Gasteiger partial charge in [-0.3, -0.25) is 0 Å². The Balaban J connectivity index is 0.000000793. The van der Waals surface area contributed by atoms with Gasteiger partial charge in [-0.2, -0.15) is 0 Å². The number of hydrogen-bond acceptors (Lipinski definition) is 4. The molecule has 2 aromatic rings. The number of hydrogen-bond donors (Lipinski definition) is 0. The fourth-order valence-electron chi connectivity index (χ4n) is 3.79. The quantitative estimate of drug-likeness (QED) is 0.396. The number of anilines is 2. The zero-order valence-corrected chi connectivity index (χ0v) is 25.7. The summed E-state index contributed by atoms with van der Waals surface area (Å²) < 4.78 is 15.3. The van der Waals surface area contributed by atoms with Crippen LogP contribution in [0.25, 0.3) is 0 Å². The summed E-state index contributed by atoms with van der Waals surface area (Å²) in [5.74, 6) is 0. The summed E-state index contributed by atoms with van der Waals surface area (Å²) >= 11 is -1.15. The maximum Gasteiger partial charge on any atom is -1.00 e. The number of nitrogens with zero attached hydrogens (tertiary/aromatic N) is 2. The largest absolute Gasteiger partial charge is 1.00 e. The molecule has 0 saturated carbocycles. The molecule has 0 bridgehead atoms. The van der Waals surface area contributed by atoms with Gasteiger partial charge in [-0.25, -0.2) is 0 Å². The maximum absolute atomic E-state index is 4.94. The Morgan fingerprint density at radius 1 is 0.629 bits per heavy atom. The van der Waals surface area contributed by atoms with Gasteiger partial charge in [-0.15, -0.1) is 0 Å². The molecule has 0 N–H and O–H groups in total. The molecule has 2 aliphatic rings. The second-order valence-electron chi connectivity index (χ2n) is 8.62. The first-order chi connectivity index (χ1) is 16.2. The molecule has 35 heavy (non-hydrogen) atoms. The molecule has 0 unspecified atom stereocenters. The number of para-hydroxylation sites is 2. The van der Waals surface area contributed by atoms with E-state index in [0.717, 1.165) is 26.4 Å². The van der Waals surface area contributed by atoms with E-state index in [0.29, 0.717) is 0 Å². The van der Waals surface area contributed by atoms with Crippen LogP contribution in [-0.2, 0) is 33.0 Å². The van der Waals surface area contributed by atoms with Crippen molar-refractivity contribution >= 4 is 11.4 Å². The molecule has 2 heterocycles. The number of ether oxygens (including phenoxy) is 2. The van der Waals surface area contributed by atoms with Gasteiger partial charge in [0.25, 0.3) is 0 Å². The molecule has 0 radical (unpaired) electrons. The third kappa shape index (κ3) is 13.0. The minimum absolute atomic E-state index is 0. The second-order valence-corrected chi connectivity index (χ2v) is 13.2. The second kappa shape index (κ2) is 20.8. The molecule has 196 valence electrons.